The monoisotopic (exact) mass is 442 g/mol. The fraction of sp³-hybridized carbons (Fsp3) is 0.211. The number of thiazole rings is 1. The van der Waals surface area contributed by atoms with Crippen molar-refractivity contribution < 1.29 is 5.11 Å². The van der Waals surface area contributed by atoms with Crippen LogP contribution in [0, 0.1) is 32.1 Å². The van der Waals surface area contributed by atoms with Gasteiger partial charge in [-0.2, -0.15) is 10.2 Å². The molecule has 1 aromatic carbocycles. The van der Waals surface area contributed by atoms with Crippen molar-refractivity contribution in [1.29, 1.82) is 5.26 Å². The molecule has 3 heterocycles. The van der Waals surface area contributed by atoms with Gasteiger partial charge in [-0.15, -0.1) is 16.4 Å². The highest BCUT2D eigenvalue weighted by Crippen LogP contribution is 2.31. The number of halogens is 1. The first kappa shape index (κ1) is 19.6. The van der Waals surface area contributed by atoms with Crippen molar-refractivity contribution in [3.05, 3.63) is 50.9 Å². The largest absolute Gasteiger partial charge is 0.510 e. The molecular formula is C19H15ClN6OS2. The Balaban J connectivity index is 1.62. The van der Waals surface area contributed by atoms with E-state index in [1.165, 1.54) is 23.1 Å². The third-order valence-electron chi connectivity index (χ3n) is 4.54. The SMILES string of the molecule is Cc1nc2nc(SC/C(O)=C(\C#N)c3nc4cc(Cl)ccc4s3)nn2c(C)c1C. The predicted molar refractivity (Wildman–Crippen MR) is 116 cm³/mol. The van der Waals surface area contributed by atoms with Crippen LogP contribution in [0.3, 0.4) is 0 Å². The van der Waals surface area contributed by atoms with Crippen LogP contribution in [0.15, 0.2) is 29.1 Å². The van der Waals surface area contributed by atoms with Crippen molar-refractivity contribution in [2.24, 2.45) is 0 Å². The Morgan fingerprint density at radius 3 is 2.83 bits per heavy atom. The zero-order valence-corrected chi connectivity index (χ0v) is 18.2. The van der Waals surface area contributed by atoms with Crippen LogP contribution in [0.5, 0.6) is 0 Å². The van der Waals surface area contributed by atoms with Gasteiger partial charge in [0.2, 0.25) is 5.16 Å². The molecule has 1 N–H and O–H groups in total. The number of allylic oxidation sites excluding steroid dienone is 1. The number of nitriles is 1. The number of aromatic nitrogens is 5. The molecule has 0 saturated heterocycles. The number of rotatable bonds is 4. The molecular weight excluding hydrogens is 428 g/mol. The third-order valence-corrected chi connectivity index (χ3v) is 6.68. The number of thioether (sulfide) groups is 1. The second-order valence-electron chi connectivity index (χ2n) is 6.37. The maximum absolute atomic E-state index is 10.5. The number of fused-ring (bicyclic) bond motifs is 2. The van der Waals surface area contributed by atoms with Gasteiger partial charge in [0, 0.05) is 16.4 Å². The van der Waals surface area contributed by atoms with Crippen LogP contribution < -0.4 is 0 Å². The molecule has 0 radical (unpaired) electrons. The van der Waals surface area contributed by atoms with Crippen LogP contribution in [0.4, 0.5) is 0 Å². The van der Waals surface area contributed by atoms with Crippen LogP contribution in [0.1, 0.15) is 22.0 Å². The van der Waals surface area contributed by atoms with Gasteiger partial charge < -0.3 is 5.11 Å². The lowest BCUT2D eigenvalue weighted by molar-refractivity contribution is 0.420. The van der Waals surface area contributed by atoms with E-state index in [1.54, 1.807) is 16.6 Å². The van der Waals surface area contributed by atoms with E-state index in [4.69, 9.17) is 11.6 Å². The average molecular weight is 443 g/mol. The van der Waals surface area contributed by atoms with Crippen molar-refractivity contribution >= 4 is 56.3 Å². The number of aliphatic hydroxyl groups excluding tert-OH is 1. The average Bonchev–Trinajstić information content (AvgIpc) is 3.28. The minimum atomic E-state index is -0.0708. The highest BCUT2D eigenvalue weighted by Gasteiger charge is 2.16. The van der Waals surface area contributed by atoms with Crippen molar-refractivity contribution in [3.8, 4) is 6.07 Å². The van der Waals surface area contributed by atoms with Gasteiger partial charge in [0.25, 0.3) is 5.78 Å². The van der Waals surface area contributed by atoms with E-state index in [9.17, 15) is 10.4 Å². The second-order valence-corrected chi connectivity index (χ2v) is 8.78. The number of aryl methyl sites for hydroxylation is 2. The van der Waals surface area contributed by atoms with Gasteiger partial charge in [0.1, 0.15) is 22.4 Å². The molecule has 29 heavy (non-hydrogen) atoms. The zero-order chi connectivity index (χ0) is 20.7. The Morgan fingerprint density at radius 2 is 2.07 bits per heavy atom. The summed E-state index contributed by atoms with van der Waals surface area (Å²) in [6.45, 7) is 5.89. The fourth-order valence-electron chi connectivity index (χ4n) is 2.75. The fourth-order valence-corrected chi connectivity index (χ4v) is 4.57. The minimum absolute atomic E-state index is 0.0708. The summed E-state index contributed by atoms with van der Waals surface area (Å²) < 4.78 is 2.58. The summed E-state index contributed by atoms with van der Waals surface area (Å²) in [7, 11) is 0. The summed E-state index contributed by atoms with van der Waals surface area (Å²) in [6, 6.07) is 7.40. The summed E-state index contributed by atoms with van der Waals surface area (Å²) in [5.74, 6) is 0.590. The lowest BCUT2D eigenvalue weighted by atomic mass is 10.2. The Kier molecular flexibility index (Phi) is 5.17. The van der Waals surface area contributed by atoms with Crippen LogP contribution >= 0.6 is 34.7 Å². The number of hydrogen-bond donors (Lipinski definition) is 1. The summed E-state index contributed by atoms with van der Waals surface area (Å²) in [4.78, 5) is 13.3. The van der Waals surface area contributed by atoms with Gasteiger partial charge in [0.15, 0.2) is 0 Å². The molecule has 3 aromatic heterocycles. The summed E-state index contributed by atoms with van der Waals surface area (Å²) in [5.41, 5.74) is 3.77. The molecule has 0 fully saturated rings. The maximum atomic E-state index is 10.5. The van der Waals surface area contributed by atoms with Crippen molar-refractivity contribution in [2.45, 2.75) is 25.9 Å². The van der Waals surface area contributed by atoms with Crippen LogP contribution in [0.25, 0.3) is 21.6 Å². The van der Waals surface area contributed by atoms with Gasteiger partial charge in [-0.25, -0.2) is 14.5 Å². The van der Waals surface area contributed by atoms with Crippen LogP contribution in [-0.2, 0) is 0 Å². The quantitative estimate of drug-likeness (QED) is 0.272. The molecule has 0 aliphatic carbocycles. The highest BCUT2D eigenvalue weighted by atomic mass is 35.5. The molecule has 4 rings (SSSR count). The minimum Gasteiger partial charge on any atom is -0.510 e. The molecule has 7 nitrogen and oxygen atoms in total. The topological polar surface area (TPSA) is 100.0 Å². The van der Waals surface area contributed by atoms with Gasteiger partial charge >= 0.3 is 0 Å². The lowest BCUT2D eigenvalue weighted by Gasteiger charge is -2.04. The van der Waals surface area contributed by atoms with Gasteiger partial charge in [-0.3, -0.25) is 0 Å². The second kappa shape index (κ2) is 7.63. The molecule has 146 valence electrons. The first-order valence-corrected chi connectivity index (χ1v) is 10.8. The Bertz CT molecular complexity index is 1330. The maximum Gasteiger partial charge on any atom is 0.253 e. The molecule has 0 atom stereocenters. The molecule has 0 bridgehead atoms. The van der Waals surface area contributed by atoms with Gasteiger partial charge in [-0.05, 0) is 44.5 Å². The number of nitrogens with zero attached hydrogens (tertiary/aromatic N) is 6. The van der Waals surface area contributed by atoms with E-state index in [-0.39, 0.29) is 17.1 Å². The Morgan fingerprint density at radius 1 is 1.28 bits per heavy atom. The number of aliphatic hydroxyl groups is 1. The smallest absolute Gasteiger partial charge is 0.253 e. The standard InChI is InChI=1S/C19H15ClN6OS2/c1-9-10(2)22-18-24-19(25-26(18)11(9)3)28-8-15(27)13(7-21)17-23-14-6-12(20)4-5-16(14)29-17/h4-6,27H,8H2,1-3H3/b15-13-. The third kappa shape index (κ3) is 3.67. The van der Waals surface area contributed by atoms with Crippen molar-refractivity contribution in [2.75, 3.05) is 5.75 Å². The lowest BCUT2D eigenvalue weighted by Crippen LogP contribution is -2.02. The Labute approximate surface area is 179 Å². The summed E-state index contributed by atoms with van der Waals surface area (Å²) in [6.07, 6.45) is 0. The first-order chi connectivity index (χ1) is 13.9. The molecule has 0 spiro atoms. The van der Waals surface area contributed by atoms with E-state index in [0.717, 1.165) is 21.7 Å². The molecule has 0 amide bonds. The van der Waals surface area contributed by atoms with E-state index in [0.29, 0.717) is 26.5 Å². The summed E-state index contributed by atoms with van der Waals surface area (Å²) in [5, 5.41) is 26.0. The van der Waals surface area contributed by atoms with E-state index in [1.807, 2.05) is 26.8 Å². The Hall–Kier alpha value is -2.67. The van der Waals surface area contributed by atoms with E-state index < -0.39 is 0 Å². The molecule has 0 aliphatic heterocycles. The molecule has 4 aromatic rings. The highest BCUT2D eigenvalue weighted by molar-refractivity contribution is 7.99. The molecule has 0 unspecified atom stereocenters. The van der Waals surface area contributed by atoms with Crippen molar-refractivity contribution in [1.82, 2.24) is 24.6 Å². The van der Waals surface area contributed by atoms with Crippen molar-refractivity contribution in [3.63, 3.8) is 0 Å². The molecule has 0 saturated carbocycles. The molecule has 10 heteroatoms. The number of hydrogen-bond acceptors (Lipinski definition) is 8. The van der Waals surface area contributed by atoms with E-state index in [2.05, 4.69) is 26.1 Å². The predicted octanol–water partition coefficient (Wildman–Crippen LogP) is 4.90. The van der Waals surface area contributed by atoms with Crippen LogP contribution in [-0.4, -0.2) is 35.4 Å². The normalized spacial score (nSPS) is 12.4. The molecule has 0 aliphatic rings. The first-order valence-electron chi connectivity index (χ1n) is 8.59. The van der Waals surface area contributed by atoms with Crippen LogP contribution in [0.2, 0.25) is 5.02 Å². The number of benzene rings is 1. The summed E-state index contributed by atoms with van der Waals surface area (Å²) >= 11 is 8.57. The van der Waals surface area contributed by atoms with Gasteiger partial charge in [0.05, 0.1) is 16.0 Å². The zero-order valence-electron chi connectivity index (χ0n) is 15.8. The van der Waals surface area contributed by atoms with E-state index >= 15 is 0 Å². The van der Waals surface area contributed by atoms with Gasteiger partial charge in [-0.1, -0.05) is 23.4 Å².